The lowest BCUT2D eigenvalue weighted by atomic mass is 9.76. The van der Waals surface area contributed by atoms with Crippen LogP contribution >= 0.6 is 0 Å². The van der Waals surface area contributed by atoms with Gasteiger partial charge in [-0.3, -0.25) is 42.5 Å². The molecule has 0 radical (unpaired) electrons. The number of nitrogens with zero attached hydrogens (tertiary/aromatic N) is 1. The molecule has 0 amide bonds. The molecule has 8 bridgehead atoms. The van der Waals surface area contributed by atoms with Crippen LogP contribution in [-0.2, 0) is 0 Å². The first kappa shape index (κ1) is 34.4. The standard InChI is InChI=1S/C32H56N8.C11H7N/c1-2-10-18-17(9-1)25-33-26(18)38-28-21-13-5-6-14-22(21)30(35-28)40-32-24-16-8-7-15-23(24)31(36-32)39-29-20-12-4-3-11-19(20)27(34-29)37-25;12-8-10-6-3-5-9-4-1-2-7-11(9)10/h17-40H,1-16H2;1-7H. The van der Waals surface area contributed by atoms with Gasteiger partial charge in [0.25, 0.3) is 0 Å². The zero-order valence-electron chi connectivity index (χ0n) is 31.0. The number of nitriles is 1. The average Bonchev–Trinajstić information content (AvgIpc) is 3.94. The Kier molecular flexibility index (Phi) is 9.81. The van der Waals surface area contributed by atoms with Crippen LogP contribution in [0.3, 0.4) is 0 Å². The van der Waals surface area contributed by atoms with Crippen LogP contribution in [0.5, 0.6) is 0 Å². The lowest BCUT2D eigenvalue weighted by Crippen LogP contribution is -2.61. The third-order valence-corrected chi connectivity index (χ3v) is 15.7. The van der Waals surface area contributed by atoms with Gasteiger partial charge in [0.1, 0.15) is 0 Å². The first-order valence-corrected chi connectivity index (χ1v) is 21.7. The van der Waals surface area contributed by atoms with E-state index in [2.05, 4.69) is 48.6 Å². The molecule has 9 fully saturated rings. The van der Waals surface area contributed by atoms with E-state index >= 15 is 0 Å². The summed E-state index contributed by atoms with van der Waals surface area (Å²) in [7, 11) is 0. The Morgan fingerprint density at radius 2 is 0.635 bits per heavy atom. The van der Waals surface area contributed by atoms with Crippen molar-refractivity contribution in [2.45, 2.75) is 152 Å². The fourth-order valence-electron chi connectivity index (χ4n) is 13.3. The predicted octanol–water partition coefficient (Wildman–Crippen LogP) is 5.32. The largest absolute Gasteiger partial charge is 0.286 e. The van der Waals surface area contributed by atoms with Crippen molar-refractivity contribution in [3.63, 3.8) is 0 Å². The van der Waals surface area contributed by atoms with Gasteiger partial charge in [-0.15, -0.1) is 0 Å². The predicted molar refractivity (Wildman–Crippen MR) is 206 cm³/mol. The Labute approximate surface area is 311 Å². The number of nitrogens with one attached hydrogen (secondary N) is 8. The number of rotatable bonds is 0. The molecule has 2 aromatic rings. The van der Waals surface area contributed by atoms with E-state index in [1.54, 1.807) is 0 Å². The monoisotopic (exact) mass is 706 g/mol. The number of fused-ring (bicyclic) bond motifs is 21. The number of hydrogen-bond donors (Lipinski definition) is 8. The minimum atomic E-state index is 0.420. The van der Waals surface area contributed by atoms with Crippen molar-refractivity contribution in [2.75, 3.05) is 0 Å². The van der Waals surface area contributed by atoms with Crippen LogP contribution in [0, 0.1) is 58.7 Å². The summed E-state index contributed by atoms with van der Waals surface area (Å²) in [4.78, 5) is 0. The van der Waals surface area contributed by atoms with Gasteiger partial charge < -0.3 is 0 Å². The van der Waals surface area contributed by atoms with Crippen molar-refractivity contribution in [1.82, 2.24) is 42.5 Å². The average molecular weight is 706 g/mol. The van der Waals surface area contributed by atoms with Crippen LogP contribution in [0.2, 0.25) is 0 Å². The topological polar surface area (TPSA) is 120 Å². The van der Waals surface area contributed by atoms with E-state index in [0.29, 0.717) is 49.3 Å². The second kappa shape index (κ2) is 14.8. The molecule has 8 N–H and O–H groups in total. The van der Waals surface area contributed by atoms with Crippen molar-refractivity contribution < 1.29 is 0 Å². The molecule has 52 heavy (non-hydrogen) atoms. The zero-order valence-corrected chi connectivity index (χ0v) is 31.0. The Morgan fingerprint density at radius 1 is 0.365 bits per heavy atom. The summed E-state index contributed by atoms with van der Waals surface area (Å²) in [5, 5.41) is 44.7. The minimum Gasteiger partial charge on any atom is -0.286 e. The lowest BCUT2D eigenvalue weighted by Gasteiger charge is -2.35. The molecule has 5 heterocycles. The van der Waals surface area contributed by atoms with E-state index in [0.717, 1.165) is 63.7 Å². The van der Waals surface area contributed by atoms with Crippen LogP contribution in [0.4, 0.5) is 0 Å². The van der Waals surface area contributed by atoms with E-state index in [9.17, 15) is 0 Å². The molecule has 280 valence electrons. The third-order valence-electron chi connectivity index (χ3n) is 15.7. The summed E-state index contributed by atoms with van der Waals surface area (Å²) in [6.07, 6.45) is 25.6. The van der Waals surface area contributed by atoms with Gasteiger partial charge in [-0.25, -0.2) is 0 Å². The fourth-order valence-corrected chi connectivity index (χ4v) is 13.3. The highest BCUT2D eigenvalue weighted by Gasteiger charge is 2.54. The van der Waals surface area contributed by atoms with E-state index < -0.39 is 0 Å². The van der Waals surface area contributed by atoms with Gasteiger partial charge in [0.2, 0.25) is 0 Å². The first-order chi connectivity index (χ1) is 25.7. The van der Waals surface area contributed by atoms with Gasteiger partial charge >= 0.3 is 0 Å². The summed E-state index contributed by atoms with van der Waals surface area (Å²) in [6, 6.07) is 15.8. The summed E-state index contributed by atoms with van der Waals surface area (Å²) in [6.45, 7) is 0. The molecule has 5 aliphatic heterocycles. The third kappa shape index (κ3) is 6.33. The van der Waals surface area contributed by atoms with Crippen molar-refractivity contribution >= 4 is 10.8 Å². The Morgan fingerprint density at radius 3 is 0.923 bits per heavy atom. The van der Waals surface area contributed by atoms with Gasteiger partial charge in [0.05, 0.1) is 61.0 Å². The Hall–Kier alpha value is -2.13. The minimum absolute atomic E-state index is 0.420. The van der Waals surface area contributed by atoms with Crippen LogP contribution in [0.1, 0.15) is 108 Å². The SMILES string of the molecule is C1CCC2C3NC(NC4NC(NC5NC(NC6NC(N3)C3CCCCC63)C3CCCCC53)C3CCCCC43)C2C1.N#Cc1cccc2ccccc12. The van der Waals surface area contributed by atoms with Gasteiger partial charge in [0, 0.05) is 0 Å². The first-order valence-electron chi connectivity index (χ1n) is 21.7. The summed E-state index contributed by atoms with van der Waals surface area (Å²) in [5.41, 5.74) is 0.744. The molecule has 9 nitrogen and oxygen atoms in total. The highest BCUT2D eigenvalue weighted by atomic mass is 15.4. The van der Waals surface area contributed by atoms with Crippen molar-refractivity contribution in [3.8, 4) is 6.07 Å². The number of hydrogen-bond acceptors (Lipinski definition) is 9. The van der Waals surface area contributed by atoms with E-state index in [1.807, 2.05) is 42.5 Å². The van der Waals surface area contributed by atoms with Gasteiger partial charge in [-0.2, -0.15) is 5.26 Å². The van der Waals surface area contributed by atoms with Crippen molar-refractivity contribution in [2.24, 2.45) is 47.3 Å². The Bertz CT molecular complexity index is 1380. The fraction of sp³-hybridized carbons (Fsp3) is 0.744. The molecular weight excluding hydrogens is 643 g/mol. The second-order valence-corrected chi connectivity index (χ2v) is 18.2. The van der Waals surface area contributed by atoms with Crippen LogP contribution in [0.25, 0.3) is 10.8 Å². The molecule has 0 spiro atoms. The van der Waals surface area contributed by atoms with Gasteiger partial charge in [-0.1, -0.05) is 87.8 Å². The highest BCUT2D eigenvalue weighted by molar-refractivity contribution is 5.87. The van der Waals surface area contributed by atoms with Crippen LogP contribution in [0.15, 0.2) is 42.5 Å². The summed E-state index contributed by atoms with van der Waals surface area (Å²) in [5.74, 6) is 5.97. The van der Waals surface area contributed by atoms with Crippen LogP contribution in [-0.4, -0.2) is 49.3 Å². The molecule has 8 atom stereocenters. The summed E-state index contributed by atoms with van der Waals surface area (Å²) < 4.78 is 0. The maximum atomic E-state index is 8.79. The van der Waals surface area contributed by atoms with Crippen molar-refractivity contribution in [1.29, 1.82) is 5.26 Å². The molecule has 2 aromatic carbocycles. The zero-order chi connectivity index (χ0) is 34.6. The lowest BCUT2D eigenvalue weighted by molar-refractivity contribution is 0.167. The highest BCUT2D eigenvalue weighted by Crippen LogP contribution is 2.45. The molecule has 11 rings (SSSR count). The normalized spacial score (nSPS) is 46.5. The molecule has 9 heteroatoms. The Balaban J connectivity index is 0.000000240. The van der Waals surface area contributed by atoms with Crippen molar-refractivity contribution in [3.05, 3.63) is 48.0 Å². The quantitative estimate of drug-likeness (QED) is 0.184. The maximum Gasteiger partial charge on any atom is 0.0998 e. The van der Waals surface area contributed by atoms with Crippen LogP contribution < -0.4 is 42.5 Å². The van der Waals surface area contributed by atoms with Gasteiger partial charge in [0.15, 0.2) is 0 Å². The molecule has 4 saturated carbocycles. The molecular formula is C43H63N9. The number of benzene rings is 2. The van der Waals surface area contributed by atoms with Gasteiger partial charge in [-0.05, 0) is 116 Å². The molecule has 5 saturated heterocycles. The molecule has 9 aliphatic rings. The molecule has 4 aliphatic carbocycles. The summed E-state index contributed by atoms with van der Waals surface area (Å²) >= 11 is 0. The van der Waals surface area contributed by atoms with E-state index in [4.69, 9.17) is 5.26 Å². The second-order valence-electron chi connectivity index (χ2n) is 18.2. The van der Waals surface area contributed by atoms with E-state index in [1.165, 1.54) is 103 Å². The molecule has 8 unspecified atom stereocenters. The molecule has 0 aromatic heterocycles. The smallest absolute Gasteiger partial charge is 0.0998 e. The maximum absolute atomic E-state index is 8.79. The van der Waals surface area contributed by atoms with E-state index in [-0.39, 0.29) is 0 Å².